The monoisotopic (exact) mass is 504 g/mol. The van der Waals surface area contributed by atoms with Crippen LogP contribution in [0.15, 0.2) is 64.1 Å². The summed E-state index contributed by atoms with van der Waals surface area (Å²) < 4.78 is 64.7. The second-order valence-corrected chi connectivity index (χ2v) is 6.95. The summed E-state index contributed by atoms with van der Waals surface area (Å²) in [5.41, 5.74) is -5.17. The molecular formula is C21H17ClF4N2O6. The topological polar surface area (TPSA) is 99.8 Å². The van der Waals surface area contributed by atoms with Gasteiger partial charge in [0.2, 0.25) is 0 Å². The maximum absolute atomic E-state index is 14.6. The Bertz CT molecular complexity index is 1310. The normalized spacial score (nSPS) is 12.1. The minimum absolute atomic E-state index is 0.148. The molecule has 0 spiro atoms. The van der Waals surface area contributed by atoms with Gasteiger partial charge in [-0.3, -0.25) is 9.36 Å². The maximum atomic E-state index is 14.6. The van der Waals surface area contributed by atoms with Crippen molar-refractivity contribution in [2.75, 3.05) is 6.61 Å². The predicted molar refractivity (Wildman–Crippen MR) is 114 cm³/mol. The van der Waals surface area contributed by atoms with Gasteiger partial charge in [-0.05, 0) is 19.1 Å². The fourth-order valence-electron chi connectivity index (χ4n) is 2.59. The number of allylic oxidation sites excluding steroid dienone is 3. The smallest absolute Gasteiger partial charge is 0.431 e. The van der Waals surface area contributed by atoms with Crippen LogP contribution in [0, 0.1) is 5.82 Å². The molecule has 0 aliphatic rings. The molecule has 0 fully saturated rings. The van der Waals surface area contributed by atoms with Crippen molar-refractivity contribution in [2.24, 2.45) is 7.05 Å². The Hall–Kier alpha value is -3.80. The standard InChI is InChI=1S/C21H17ClF4N2O6/c1-4-5-6-15(11(2)33-10-19(30)31)34-16-8-14(13(23)7-12(16)22)28-18(29)9-17(21(24,25)26)27(3)20(28)32/h4-9H,2,10H2,1,3H3,(H,30,31)/b5-4-,15-6+. The molecule has 0 bridgehead atoms. The van der Waals surface area contributed by atoms with Crippen LogP contribution in [0.2, 0.25) is 5.02 Å². The highest BCUT2D eigenvalue weighted by molar-refractivity contribution is 6.32. The zero-order valence-corrected chi connectivity index (χ0v) is 18.4. The van der Waals surface area contributed by atoms with Gasteiger partial charge in [0.1, 0.15) is 17.3 Å². The van der Waals surface area contributed by atoms with Crippen LogP contribution in [0.3, 0.4) is 0 Å². The average Bonchev–Trinajstić information content (AvgIpc) is 2.73. The van der Waals surface area contributed by atoms with Crippen molar-refractivity contribution in [2.45, 2.75) is 13.1 Å². The Morgan fingerprint density at radius 1 is 1.26 bits per heavy atom. The van der Waals surface area contributed by atoms with Crippen LogP contribution in [0.4, 0.5) is 17.6 Å². The molecule has 1 aromatic heterocycles. The summed E-state index contributed by atoms with van der Waals surface area (Å²) in [4.78, 5) is 35.6. The molecule has 0 saturated carbocycles. The SMILES string of the molecule is C=C(OCC(=O)O)/C(=C\C=C/C)Oc1cc(-n2c(=O)cc(C(F)(F)F)n(C)c2=O)c(F)cc1Cl. The van der Waals surface area contributed by atoms with E-state index < -0.39 is 47.2 Å². The van der Waals surface area contributed by atoms with Crippen molar-refractivity contribution in [1.29, 1.82) is 0 Å². The highest BCUT2D eigenvalue weighted by Gasteiger charge is 2.35. The quantitative estimate of drug-likeness (QED) is 0.333. The molecule has 0 atom stereocenters. The summed E-state index contributed by atoms with van der Waals surface area (Å²) in [6, 6.07) is 1.65. The summed E-state index contributed by atoms with van der Waals surface area (Å²) in [7, 11) is 0.772. The summed E-state index contributed by atoms with van der Waals surface area (Å²) in [6.07, 6.45) is -0.634. The summed E-state index contributed by atoms with van der Waals surface area (Å²) >= 11 is 6.00. The number of hydrogen-bond acceptors (Lipinski definition) is 5. The van der Waals surface area contributed by atoms with Gasteiger partial charge in [-0.1, -0.05) is 30.3 Å². The molecule has 0 unspecified atom stereocenters. The summed E-state index contributed by atoms with van der Waals surface area (Å²) in [5, 5.41) is 8.42. The number of hydrogen-bond donors (Lipinski definition) is 1. The minimum Gasteiger partial charge on any atom is -0.479 e. The first-order valence-electron chi connectivity index (χ1n) is 9.22. The molecule has 0 radical (unpaired) electrons. The number of nitrogens with zero attached hydrogens (tertiary/aromatic N) is 2. The molecule has 2 aromatic rings. The van der Waals surface area contributed by atoms with E-state index in [1.807, 2.05) is 0 Å². The molecule has 1 N–H and O–H groups in total. The number of halogens is 5. The first-order chi connectivity index (χ1) is 15.8. The van der Waals surface area contributed by atoms with Crippen LogP contribution in [-0.4, -0.2) is 26.8 Å². The van der Waals surface area contributed by atoms with E-state index in [0.717, 1.165) is 13.1 Å². The fraction of sp³-hybridized carbons (Fsp3) is 0.190. The molecule has 0 aliphatic heterocycles. The first kappa shape index (κ1) is 26.5. The van der Waals surface area contributed by atoms with Gasteiger partial charge in [0.15, 0.2) is 18.1 Å². The van der Waals surface area contributed by atoms with Crippen LogP contribution in [0.5, 0.6) is 5.75 Å². The zero-order valence-electron chi connectivity index (χ0n) is 17.7. The number of alkyl halides is 3. The first-order valence-corrected chi connectivity index (χ1v) is 9.60. The van der Waals surface area contributed by atoms with E-state index in [9.17, 15) is 31.9 Å². The number of aliphatic carboxylic acids is 1. The molecule has 1 aromatic carbocycles. The highest BCUT2D eigenvalue weighted by atomic mass is 35.5. The number of carboxylic acids is 1. The Morgan fingerprint density at radius 2 is 1.91 bits per heavy atom. The van der Waals surface area contributed by atoms with Crippen LogP contribution < -0.4 is 16.0 Å². The molecule has 1 heterocycles. The van der Waals surface area contributed by atoms with Crippen LogP contribution in [-0.2, 0) is 22.8 Å². The summed E-state index contributed by atoms with van der Waals surface area (Å²) in [6.45, 7) is 4.43. The van der Waals surface area contributed by atoms with E-state index in [1.54, 1.807) is 13.0 Å². The molecular weight excluding hydrogens is 488 g/mol. The lowest BCUT2D eigenvalue weighted by molar-refractivity contribution is -0.144. The van der Waals surface area contributed by atoms with E-state index in [1.165, 1.54) is 12.2 Å². The van der Waals surface area contributed by atoms with Crippen LogP contribution in [0.1, 0.15) is 12.6 Å². The third-order valence-corrected chi connectivity index (χ3v) is 4.45. The second-order valence-electron chi connectivity index (χ2n) is 6.54. The van der Waals surface area contributed by atoms with E-state index in [2.05, 4.69) is 6.58 Å². The molecule has 0 aliphatic carbocycles. The van der Waals surface area contributed by atoms with Crippen molar-refractivity contribution in [1.82, 2.24) is 9.13 Å². The molecule has 182 valence electrons. The van der Waals surface area contributed by atoms with Gasteiger partial charge in [0.25, 0.3) is 5.56 Å². The Labute approximate surface area is 194 Å². The largest absolute Gasteiger partial charge is 0.479 e. The zero-order chi connectivity index (χ0) is 25.8. The van der Waals surface area contributed by atoms with Crippen molar-refractivity contribution >= 4 is 17.6 Å². The lowest BCUT2D eigenvalue weighted by Gasteiger charge is -2.17. The van der Waals surface area contributed by atoms with Gasteiger partial charge in [0.05, 0.1) is 10.7 Å². The lowest BCUT2D eigenvalue weighted by atomic mass is 10.2. The second kappa shape index (κ2) is 10.4. The van der Waals surface area contributed by atoms with Crippen molar-refractivity contribution in [3.63, 3.8) is 0 Å². The van der Waals surface area contributed by atoms with Crippen molar-refractivity contribution in [3.8, 4) is 11.4 Å². The molecule has 0 amide bonds. The van der Waals surface area contributed by atoms with E-state index in [0.29, 0.717) is 6.07 Å². The molecule has 0 saturated heterocycles. The highest BCUT2D eigenvalue weighted by Crippen LogP contribution is 2.32. The lowest BCUT2D eigenvalue weighted by Crippen LogP contribution is -2.41. The number of benzene rings is 1. The predicted octanol–water partition coefficient (Wildman–Crippen LogP) is 3.80. The van der Waals surface area contributed by atoms with Gasteiger partial charge < -0.3 is 14.6 Å². The Morgan fingerprint density at radius 3 is 2.47 bits per heavy atom. The summed E-state index contributed by atoms with van der Waals surface area (Å²) in [5.74, 6) is -3.23. The third kappa shape index (κ3) is 5.95. The minimum atomic E-state index is -5.00. The van der Waals surface area contributed by atoms with Gasteiger partial charge in [-0.2, -0.15) is 13.2 Å². The van der Waals surface area contributed by atoms with Crippen LogP contribution in [0.25, 0.3) is 5.69 Å². The number of aromatic nitrogens is 2. The Balaban J connectivity index is 2.63. The number of ether oxygens (including phenoxy) is 2. The molecule has 2 rings (SSSR count). The third-order valence-electron chi connectivity index (χ3n) is 4.16. The average molecular weight is 505 g/mol. The molecule has 8 nitrogen and oxygen atoms in total. The van der Waals surface area contributed by atoms with Crippen molar-refractivity contribution < 1.29 is 36.9 Å². The van der Waals surface area contributed by atoms with Gasteiger partial charge >= 0.3 is 17.8 Å². The van der Waals surface area contributed by atoms with Crippen LogP contribution >= 0.6 is 11.6 Å². The number of carboxylic acid groups (broad SMARTS) is 1. The number of rotatable bonds is 8. The van der Waals surface area contributed by atoms with Gasteiger partial charge in [-0.15, -0.1) is 0 Å². The van der Waals surface area contributed by atoms with Crippen molar-refractivity contribution in [3.05, 3.63) is 91.9 Å². The molecule has 34 heavy (non-hydrogen) atoms. The van der Waals surface area contributed by atoms with E-state index in [4.69, 9.17) is 26.2 Å². The number of carbonyl (C=O) groups is 1. The van der Waals surface area contributed by atoms with Gasteiger partial charge in [0, 0.05) is 19.2 Å². The van der Waals surface area contributed by atoms with Gasteiger partial charge in [-0.25, -0.2) is 18.5 Å². The van der Waals surface area contributed by atoms with E-state index >= 15 is 0 Å². The maximum Gasteiger partial charge on any atom is 0.431 e. The Kier molecular flexibility index (Phi) is 8.11. The molecule has 13 heteroatoms. The van der Waals surface area contributed by atoms with E-state index in [-0.39, 0.29) is 37.5 Å². The fourth-order valence-corrected chi connectivity index (χ4v) is 2.78.